The molecular weight excluding hydrogens is 396 g/mol. The van der Waals surface area contributed by atoms with Crippen molar-refractivity contribution in [3.8, 4) is 5.75 Å². The third-order valence-corrected chi connectivity index (χ3v) is 6.80. The first kappa shape index (κ1) is 20.8. The molecule has 1 aromatic carbocycles. The predicted octanol–water partition coefficient (Wildman–Crippen LogP) is 5.12. The lowest BCUT2D eigenvalue weighted by atomic mass is 9.88. The number of hydrogen-bond acceptors (Lipinski definition) is 5. The van der Waals surface area contributed by atoms with Crippen molar-refractivity contribution in [1.82, 2.24) is 14.8 Å². The van der Waals surface area contributed by atoms with Crippen LogP contribution in [0.2, 0.25) is 0 Å². The zero-order chi connectivity index (χ0) is 21.1. The van der Waals surface area contributed by atoms with Crippen molar-refractivity contribution in [3.63, 3.8) is 0 Å². The molecule has 160 valence electrons. The Labute approximate surface area is 181 Å². The Morgan fingerprint density at radius 3 is 2.77 bits per heavy atom. The topological polar surface area (TPSA) is 60.2 Å². The van der Waals surface area contributed by atoms with Crippen LogP contribution in [0.5, 0.6) is 5.75 Å². The minimum Gasteiger partial charge on any atom is -0.492 e. The number of benzene rings is 1. The van der Waals surface area contributed by atoms with Crippen molar-refractivity contribution in [3.05, 3.63) is 35.7 Å². The van der Waals surface area contributed by atoms with Gasteiger partial charge in [-0.2, -0.15) is 5.10 Å². The maximum absolute atomic E-state index is 13.5. The molecule has 7 heteroatoms. The first-order chi connectivity index (χ1) is 14.6. The van der Waals surface area contributed by atoms with E-state index in [1.807, 2.05) is 41.6 Å². The predicted molar refractivity (Wildman–Crippen MR) is 121 cm³/mol. The third-order valence-electron chi connectivity index (χ3n) is 5.76. The van der Waals surface area contributed by atoms with Gasteiger partial charge in [-0.15, -0.1) is 0 Å². The Morgan fingerprint density at radius 2 is 2.07 bits per heavy atom. The van der Waals surface area contributed by atoms with Gasteiger partial charge in [0.2, 0.25) is 5.91 Å². The lowest BCUT2D eigenvalue weighted by molar-refractivity contribution is -0.123. The van der Waals surface area contributed by atoms with Crippen molar-refractivity contribution in [2.45, 2.75) is 59.4 Å². The van der Waals surface area contributed by atoms with Gasteiger partial charge in [-0.05, 0) is 51.8 Å². The van der Waals surface area contributed by atoms with E-state index in [2.05, 4.69) is 18.1 Å². The lowest BCUT2D eigenvalue weighted by Gasteiger charge is -2.27. The molecule has 0 saturated heterocycles. The SMILES string of the molecule is CCOc1cccc2sc(N(CCn3nc(C)cc3C)C(=O)C3CCCCC3)nc12. The zero-order valence-electron chi connectivity index (χ0n) is 18.1. The van der Waals surface area contributed by atoms with E-state index < -0.39 is 0 Å². The minimum atomic E-state index is 0.0950. The molecule has 0 aliphatic heterocycles. The summed E-state index contributed by atoms with van der Waals surface area (Å²) in [6.07, 6.45) is 5.45. The monoisotopic (exact) mass is 426 g/mol. The second kappa shape index (κ2) is 9.16. The van der Waals surface area contributed by atoms with Gasteiger partial charge in [-0.25, -0.2) is 4.98 Å². The minimum absolute atomic E-state index is 0.0950. The van der Waals surface area contributed by atoms with Gasteiger partial charge >= 0.3 is 0 Å². The Kier molecular flexibility index (Phi) is 6.37. The highest BCUT2D eigenvalue weighted by molar-refractivity contribution is 7.22. The molecule has 1 aliphatic carbocycles. The molecular formula is C23H30N4O2S. The van der Waals surface area contributed by atoms with Crippen LogP contribution in [0.1, 0.15) is 50.4 Å². The van der Waals surface area contributed by atoms with E-state index >= 15 is 0 Å². The van der Waals surface area contributed by atoms with Crippen LogP contribution in [0.15, 0.2) is 24.3 Å². The summed E-state index contributed by atoms with van der Waals surface area (Å²) < 4.78 is 8.79. The molecule has 6 nitrogen and oxygen atoms in total. The molecule has 1 fully saturated rings. The van der Waals surface area contributed by atoms with Gasteiger partial charge in [0.1, 0.15) is 11.3 Å². The Morgan fingerprint density at radius 1 is 1.27 bits per heavy atom. The van der Waals surface area contributed by atoms with E-state index in [-0.39, 0.29) is 11.8 Å². The van der Waals surface area contributed by atoms with Gasteiger partial charge in [-0.1, -0.05) is 36.7 Å². The quantitative estimate of drug-likeness (QED) is 0.526. The van der Waals surface area contributed by atoms with Crippen molar-refractivity contribution in [2.75, 3.05) is 18.1 Å². The largest absolute Gasteiger partial charge is 0.492 e. The molecule has 4 rings (SSSR count). The maximum atomic E-state index is 13.5. The molecule has 0 bridgehead atoms. The van der Waals surface area contributed by atoms with Gasteiger partial charge in [0.15, 0.2) is 5.13 Å². The van der Waals surface area contributed by atoms with Crippen LogP contribution >= 0.6 is 11.3 Å². The van der Waals surface area contributed by atoms with Gasteiger partial charge in [-0.3, -0.25) is 14.4 Å². The highest BCUT2D eigenvalue weighted by Gasteiger charge is 2.29. The number of nitrogens with zero attached hydrogens (tertiary/aromatic N) is 4. The normalized spacial score (nSPS) is 14.9. The summed E-state index contributed by atoms with van der Waals surface area (Å²) in [4.78, 5) is 20.3. The number of anilines is 1. The molecule has 0 atom stereocenters. The summed E-state index contributed by atoms with van der Waals surface area (Å²) in [7, 11) is 0. The second-order valence-electron chi connectivity index (χ2n) is 8.01. The maximum Gasteiger partial charge on any atom is 0.231 e. The molecule has 1 saturated carbocycles. The van der Waals surface area contributed by atoms with Crippen LogP contribution in [0.25, 0.3) is 10.2 Å². The van der Waals surface area contributed by atoms with Crippen LogP contribution in [0.3, 0.4) is 0 Å². The lowest BCUT2D eigenvalue weighted by Crippen LogP contribution is -2.39. The number of rotatable bonds is 7. The first-order valence-electron chi connectivity index (χ1n) is 10.9. The highest BCUT2D eigenvalue weighted by atomic mass is 32.1. The van der Waals surface area contributed by atoms with Gasteiger partial charge in [0, 0.05) is 18.2 Å². The van der Waals surface area contributed by atoms with E-state index in [1.54, 1.807) is 11.3 Å². The number of aromatic nitrogens is 3. The average Bonchev–Trinajstić information content (AvgIpc) is 3.32. The zero-order valence-corrected chi connectivity index (χ0v) is 18.9. The first-order valence-corrected chi connectivity index (χ1v) is 11.7. The number of hydrogen-bond donors (Lipinski definition) is 0. The number of thiazole rings is 1. The van der Waals surface area contributed by atoms with Crippen molar-refractivity contribution >= 4 is 32.6 Å². The standard InChI is InChI=1S/C23H30N4O2S/c1-4-29-19-11-8-12-20-21(19)24-23(30-20)26(22(28)18-9-6-5-7-10-18)13-14-27-17(3)15-16(2)25-27/h8,11-12,15,18H,4-7,9-10,13-14H2,1-3H3. The van der Waals surface area contributed by atoms with Gasteiger partial charge < -0.3 is 4.74 Å². The summed E-state index contributed by atoms with van der Waals surface area (Å²) in [5.41, 5.74) is 2.95. The van der Waals surface area contributed by atoms with Crippen LogP contribution < -0.4 is 9.64 Å². The third kappa shape index (κ3) is 4.36. The summed E-state index contributed by atoms with van der Waals surface area (Å²) in [5.74, 6) is 1.08. The summed E-state index contributed by atoms with van der Waals surface area (Å²) in [6.45, 7) is 7.85. The number of fused-ring (bicyclic) bond motifs is 1. The van der Waals surface area contributed by atoms with Crippen LogP contribution in [0.4, 0.5) is 5.13 Å². The van der Waals surface area contributed by atoms with E-state index in [1.165, 1.54) is 6.42 Å². The fraction of sp³-hybridized carbons (Fsp3) is 0.522. The Bertz CT molecular complexity index is 1020. The fourth-order valence-electron chi connectivity index (χ4n) is 4.27. The number of aryl methyl sites for hydroxylation is 2. The number of para-hydroxylation sites is 1. The molecule has 0 radical (unpaired) electrons. The second-order valence-corrected chi connectivity index (χ2v) is 9.02. The van der Waals surface area contributed by atoms with Gasteiger partial charge in [0.25, 0.3) is 0 Å². The van der Waals surface area contributed by atoms with E-state index in [0.717, 1.165) is 58.2 Å². The molecule has 2 aromatic heterocycles. The number of carbonyl (C=O) groups is 1. The van der Waals surface area contributed by atoms with Crippen molar-refractivity contribution < 1.29 is 9.53 Å². The fourth-order valence-corrected chi connectivity index (χ4v) is 5.28. The molecule has 3 aromatic rings. The average molecular weight is 427 g/mol. The van der Waals surface area contributed by atoms with E-state index in [0.29, 0.717) is 19.7 Å². The Hall–Kier alpha value is -2.41. The highest BCUT2D eigenvalue weighted by Crippen LogP contribution is 2.36. The number of carbonyl (C=O) groups excluding carboxylic acids is 1. The summed E-state index contributed by atoms with van der Waals surface area (Å²) in [5, 5.41) is 5.33. The van der Waals surface area contributed by atoms with Crippen molar-refractivity contribution in [2.24, 2.45) is 5.92 Å². The van der Waals surface area contributed by atoms with Gasteiger partial charge in [0.05, 0.1) is 23.5 Å². The Balaban J connectivity index is 1.65. The molecule has 2 heterocycles. The molecule has 1 amide bonds. The summed E-state index contributed by atoms with van der Waals surface area (Å²) >= 11 is 1.57. The number of ether oxygens (including phenoxy) is 1. The molecule has 0 spiro atoms. The van der Waals surface area contributed by atoms with E-state index in [9.17, 15) is 4.79 Å². The molecule has 0 unspecified atom stereocenters. The molecule has 0 N–H and O–H groups in total. The van der Waals surface area contributed by atoms with Crippen LogP contribution in [-0.4, -0.2) is 33.8 Å². The summed E-state index contributed by atoms with van der Waals surface area (Å²) in [6, 6.07) is 8.04. The molecule has 30 heavy (non-hydrogen) atoms. The van der Waals surface area contributed by atoms with E-state index in [4.69, 9.17) is 9.72 Å². The number of amides is 1. The van der Waals surface area contributed by atoms with Crippen molar-refractivity contribution in [1.29, 1.82) is 0 Å². The molecule has 1 aliphatic rings. The van der Waals surface area contributed by atoms with Crippen LogP contribution in [-0.2, 0) is 11.3 Å². The smallest absolute Gasteiger partial charge is 0.231 e. The van der Waals surface area contributed by atoms with Crippen LogP contribution in [0, 0.1) is 19.8 Å².